The third-order valence-corrected chi connectivity index (χ3v) is 3.46. The Balaban J connectivity index is 2.03. The van der Waals surface area contributed by atoms with Gasteiger partial charge in [0.05, 0.1) is 17.2 Å². The van der Waals surface area contributed by atoms with Crippen LogP contribution in [0.5, 0.6) is 0 Å². The number of nitro benzene ring substituents is 1. The Morgan fingerprint density at radius 2 is 2.23 bits per heavy atom. The third kappa shape index (κ3) is 3.82. The molecule has 1 amide bonds. The van der Waals surface area contributed by atoms with E-state index in [4.69, 9.17) is 4.52 Å². The van der Waals surface area contributed by atoms with Crippen molar-refractivity contribution in [2.75, 3.05) is 23.8 Å². The number of nitrogens with one attached hydrogen (secondary N) is 1. The molecule has 0 saturated carbocycles. The average Bonchev–Trinajstić information content (AvgIpc) is 2.83. The van der Waals surface area contributed by atoms with Crippen molar-refractivity contribution in [3.05, 3.63) is 44.6 Å². The molecule has 0 saturated heterocycles. The molecule has 2 rings (SSSR count). The predicted molar refractivity (Wildman–Crippen MR) is 83.9 cm³/mol. The zero-order valence-corrected chi connectivity index (χ0v) is 13.5. The van der Waals surface area contributed by atoms with E-state index in [2.05, 4.69) is 26.4 Å². The van der Waals surface area contributed by atoms with Crippen LogP contribution in [-0.4, -0.2) is 29.6 Å². The standard InChI is InChI=1S/C13H13BrN4O4/c1-8-5-12(16-22-8)15-13(19)7-17(2)11-4-3-9(18(20)21)6-10(11)14/h3-6H,7H2,1-2H3,(H,15,16,19). The summed E-state index contributed by atoms with van der Waals surface area (Å²) in [6.07, 6.45) is 0. The zero-order chi connectivity index (χ0) is 16.3. The van der Waals surface area contributed by atoms with Gasteiger partial charge in [-0.25, -0.2) is 0 Å². The zero-order valence-electron chi connectivity index (χ0n) is 11.9. The van der Waals surface area contributed by atoms with Crippen LogP contribution in [0.15, 0.2) is 33.3 Å². The Morgan fingerprint density at radius 1 is 1.50 bits per heavy atom. The molecule has 1 aromatic heterocycles. The lowest BCUT2D eigenvalue weighted by Gasteiger charge is -2.19. The first-order valence-electron chi connectivity index (χ1n) is 6.25. The fourth-order valence-corrected chi connectivity index (χ4v) is 2.50. The summed E-state index contributed by atoms with van der Waals surface area (Å²) >= 11 is 3.27. The van der Waals surface area contributed by atoms with E-state index in [0.717, 1.165) is 0 Å². The van der Waals surface area contributed by atoms with Crippen LogP contribution in [-0.2, 0) is 4.79 Å². The van der Waals surface area contributed by atoms with Crippen LogP contribution in [0.4, 0.5) is 17.2 Å². The summed E-state index contributed by atoms with van der Waals surface area (Å²) in [5.74, 6) is 0.668. The van der Waals surface area contributed by atoms with E-state index in [1.54, 1.807) is 31.0 Å². The average molecular weight is 369 g/mol. The topological polar surface area (TPSA) is 102 Å². The number of carbonyl (C=O) groups excluding carboxylic acids is 1. The number of aromatic nitrogens is 1. The maximum atomic E-state index is 11.9. The molecule has 0 fully saturated rings. The second-order valence-corrected chi connectivity index (χ2v) is 5.47. The number of rotatable bonds is 5. The first-order chi connectivity index (χ1) is 10.4. The Hall–Kier alpha value is -2.42. The first-order valence-corrected chi connectivity index (χ1v) is 7.04. The summed E-state index contributed by atoms with van der Waals surface area (Å²) in [5.41, 5.74) is 0.642. The van der Waals surface area contributed by atoms with Crippen molar-refractivity contribution in [2.24, 2.45) is 0 Å². The molecule has 0 aliphatic rings. The Kier molecular flexibility index (Phi) is 4.76. The van der Waals surface area contributed by atoms with Gasteiger partial charge >= 0.3 is 0 Å². The van der Waals surface area contributed by atoms with Gasteiger partial charge in [0.2, 0.25) is 5.91 Å². The van der Waals surface area contributed by atoms with Gasteiger partial charge in [-0.15, -0.1) is 0 Å². The molecule has 2 aromatic rings. The highest BCUT2D eigenvalue weighted by molar-refractivity contribution is 9.10. The molecule has 0 aliphatic carbocycles. The summed E-state index contributed by atoms with van der Waals surface area (Å²) in [5, 5.41) is 17.0. The maximum absolute atomic E-state index is 11.9. The van der Waals surface area contributed by atoms with Crippen LogP contribution in [0.1, 0.15) is 5.76 Å². The van der Waals surface area contributed by atoms with Gasteiger partial charge in [0.15, 0.2) is 5.82 Å². The highest BCUT2D eigenvalue weighted by atomic mass is 79.9. The number of benzene rings is 1. The molecule has 116 valence electrons. The highest BCUT2D eigenvalue weighted by Crippen LogP contribution is 2.29. The maximum Gasteiger partial charge on any atom is 0.270 e. The van der Waals surface area contributed by atoms with Gasteiger partial charge < -0.3 is 14.7 Å². The highest BCUT2D eigenvalue weighted by Gasteiger charge is 2.15. The summed E-state index contributed by atoms with van der Waals surface area (Å²) in [6.45, 7) is 1.78. The number of carbonyl (C=O) groups is 1. The van der Waals surface area contributed by atoms with Crippen LogP contribution in [0.2, 0.25) is 0 Å². The van der Waals surface area contributed by atoms with Gasteiger partial charge in [-0.05, 0) is 28.9 Å². The summed E-state index contributed by atoms with van der Waals surface area (Å²) in [4.78, 5) is 23.8. The molecule has 0 spiro atoms. The monoisotopic (exact) mass is 368 g/mol. The summed E-state index contributed by atoms with van der Waals surface area (Å²) in [7, 11) is 1.71. The lowest BCUT2D eigenvalue weighted by atomic mass is 10.2. The van der Waals surface area contributed by atoms with Crippen LogP contribution in [0, 0.1) is 17.0 Å². The molecule has 0 aliphatic heterocycles. The largest absolute Gasteiger partial charge is 0.364 e. The van der Waals surface area contributed by atoms with Crippen LogP contribution < -0.4 is 10.2 Å². The molecule has 0 bridgehead atoms. The number of halogens is 1. The number of hydrogen-bond donors (Lipinski definition) is 1. The smallest absolute Gasteiger partial charge is 0.270 e. The predicted octanol–water partition coefficient (Wildman–Crippen LogP) is 2.73. The molecule has 1 heterocycles. The van der Waals surface area contributed by atoms with Gasteiger partial charge in [-0.1, -0.05) is 5.16 Å². The van der Waals surface area contributed by atoms with Crippen molar-refractivity contribution >= 4 is 39.0 Å². The lowest BCUT2D eigenvalue weighted by Crippen LogP contribution is -2.30. The first kappa shape index (κ1) is 16.0. The number of nitrogens with zero attached hydrogens (tertiary/aromatic N) is 3. The third-order valence-electron chi connectivity index (χ3n) is 2.83. The quantitative estimate of drug-likeness (QED) is 0.642. The molecular weight excluding hydrogens is 356 g/mol. The Bertz CT molecular complexity index is 716. The normalized spacial score (nSPS) is 10.3. The molecule has 1 aromatic carbocycles. The van der Waals surface area contributed by atoms with Crippen molar-refractivity contribution < 1.29 is 14.2 Å². The molecule has 0 atom stereocenters. The van der Waals surface area contributed by atoms with E-state index in [9.17, 15) is 14.9 Å². The van der Waals surface area contributed by atoms with Gasteiger partial charge in [0.1, 0.15) is 5.76 Å². The molecule has 0 radical (unpaired) electrons. The van der Waals surface area contributed by atoms with Crippen molar-refractivity contribution in [1.82, 2.24) is 5.16 Å². The number of hydrogen-bond acceptors (Lipinski definition) is 6. The molecule has 22 heavy (non-hydrogen) atoms. The van der Waals surface area contributed by atoms with Crippen molar-refractivity contribution in [3.8, 4) is 0 Å². The van der Waals surface area contributed by atoms with E-state index < -0.39 is 4.92 Å². The molecule has 0 unspecified atom stereocenters. The Morgan fingerprint density at radius 3 is 2.77 bits per heavy atom. The minimum absolute atomic E-state index is 0.0217. The fourth-order valence-electron chi connectivity index (χ4n) is 1.83. The summed E-state index contributed by atoms with van der Waals surface area (Å²) in [6, 6.07) is 5.97. The second kappa shape index (κ2) is 6.56. The minimum Gasteiger partial charge on any atom is -0.364 e. The van der Waals surface area contributed by atoms with Gasteiger partial charge in [0, 0.05) is 29.7 Å². The summed E-state index contributed by atoms with van der Waals surface area (Å²) < 4.78 is 5.40. The van der Waals surface area contributed by atoms with Gasteiger partial charge in [-0.2, -0.15) is 0 Å². The van der Waals surface area contributed by atoms with Gasteiger partial charge in [-0.3, -0.25) is 14.9 Å². The van der Waals surface area contributed by atoms with Crippen LogP contribution in [0.25, 0.3) is 0 Å². The number of amides is 1. The number of aryl methyl sites for hydroxylation is 1. The fraction of sp³-hybridized carbons (Fsp3) is 0.231. The van der Waals surface area contributed by atoms with Crippen molar-refractivity contribution in [2.45, 2.75) is 6.92 Å². The number of likely N-dealkylation sites (N-methyl/N-ethyl adjacent to an activating group) is 1. The number of nitro groups is 1. The van der Waals surface area contributed by atoms with E-state index in [1.165, 1.54) is 12.1 Å². The van der Waals surface area contributed by atoms with Crippen molar-refractivity contribution in [1.29, 1.82) is 0 Å². The van der Waals surface area contributed by atoms with E-state index in [1.807, 2.05) is 0 Å². The minimum atomic E-state index is -0.478. The molecule has 9 heteroatoms. The molecule has 8 nitrogen and oxygen atoms in total. The van der Waals surface area contributed by atoms with Crippen LogP contribution in [0.3, 0.4) is 0 Å². The molecular formula is C13H13BrN4O4. The molecule has 1 N–H and O–H groups in total. The van der Waals surface area contributed by atoms with E-state index in [-0.39, 0.29) is 18.1 Å². The number of anilines is 2. The van der Waals surface area contributed by atoms with E-state index in [0.29, 0.717) is 21.7 Å². The SMILES string of the molecule is Cc1cc(NC(=O)CN(C)c2ccc([N+](=O)[O-])cc2Br)no1. The van der Waals surface area contributed by atoms with Crippen LogP contribution >= 0.6 is 15.9 Å². The van der Waals surface area contributed by atoms with E-state index >= 15 is 0 Å². The Labute approximate surface area is 134 Å². The number of non-ortho nitro benzene ring substituents is 1. The second-order valence-electron chi connectivity index (χ2n) is 4.62. The van der Waals surface area contributed by atoms with Crippen molar-refractivity contribution in [3.63, 3.8) is 0 Å². The van der Waals surface area contributed by atoms with Gasteiger partial charge in [0.25, 0.3) is 5.69 Å². The lowest BCUT2D eigenvalue weighted by molar-refractivity contribution is -0.384.